The minimum Gasteiger partial charge on any atom is -0.504 e. The lowest BCUT2D eigenvalue weighted by molar-refractivity contribution is 0.403. The molecule has 8 heteroatoms. The third kappa shape index (κ3) is 4.06. The van der Waals surface area contributed by atoms with Gasteiger partial charge in [0.25, 0.3) is 0 Å². The highest BCUT2D eigenvalue weighted by atomic mass is 35.5. The summed E-state index contributed by atoms with van der Waals surface area (Å²) < 4.78 is 1.55. The SMILES string of the molecule is Oc1ccc(/C=N/n2cnnc2SCc2ccc(Cl)cc2)cc1O. The van der Waals surface area contributed by atoms with Crippen molar-refractivity contribution in [3.63, 3.8) is 0 Å². The van der Waals surface area contributed by atoms with Crippen molar-refractivity contribution in [3.05, 3.63) is 64.9 Å². The van der Waals surface area contributed by atoms with E-state index in [9.17, 15) is 10.2 Å². The Labute approximate surface area is 147 Å². The first-order valence-electron chi connectivity index (χ1n) is 6.95. The first-order chi connectivity index (χ1) is 11.6. The minimum atomic E-state index is -0.194. The van der Waals surface area contributed by atoms with Crippen LogP contribution in [-0.4, -0.2) is 31.3 Å². The van der Waals surface area contributed by atoms with Crippen LogP contribution in [0.15, 0.2) is 59.0 Å². The summed E-state index contributed by atoms with van der Waals surface area (Å²) in [5, 5.41) is 32.3. The van der Waals surface area contributed by atoms with Gasteiger partial charge in [-0.05, 0) is 41.5 Å². The lowest BCUT2D eigenvalue weighted by atomic mass is 10.2. The van der Waals surface area contributed by atoms with Gasteiger partial charge in [0.15, 0.2) is 11.5 Å². The Kier molecular flexibility index (Phi) is 5.02. The second-order valence-electron chi connectivity index (χ2n) is 4.87. The molecule has 1 heterocycles. The fraction of sp³-hybridized carbons (Fsp3) is 0.0625. The van der Waals surface area contributed by atoms with E-state index >= 15 is 0 Å². The Morgan fingerprint density at radius 2 is 1.92 bits per heavy atom. The van der Waals surface area contributed by atoms with E-state index in [-0.39, 0.29) is 11.5 Å². The van der Waals surface area contributed by atoms with Gasteiger partial charge in [0.05, 0.1) is 6.21 Å². The van der Waals surface area contributed by atoms with Crippen molar-refractivity contribution in [3.8, 4) is 11.5 Å². The van der Waals surface area contributed by atoms with Gasteiger partial charge < -0.3 is 10.2 Å². The lowest BCUT2D eigenvalue weighted by Gasteiger charge is -2.02. The monoisotopic (exact) mass is 360 g/mol. The van der Waals surface area contributed by atoms with Crippen LogP contribution >= 0.6 is 23.4 Å². The number of hydrogen-bond donors (Lipinski definition) is 2. The van der Waals surface area contributed by atoms with Gasteiger partial charge in [-0.3, -0.25) is 0 Å². The molecule has 0 saturated carbocycles. The van der Waals surface area contributed by atoms with E-state index < -0.39 is 0 Å². The first kappa shape index (κ1) is 16.4. The molecule has 0 unspecified atom stereocenters. The van der Waals surface area contributed by atoms with Crippen LogP contribution < -0.4 is 0 Å². The molecule has 6 nitrogen and oxygen atoms in total. The van der Waals surface area contributed by atoms with Crippen molar-refractivity contribution in [2.45, 2.75) is 10.9 Å². The summed E-state index contributed by atoms with van der Waals surface area (Å²) >= 11 is 7.37. The molecular formula is C16H13ClN4O2S. The van der Waals surface area contributed by atoms with Crippen molar-refractivity contribution in [2.24, 2.45) is 5.10 Å². The molecule has 3 aromatic rings. The van der Waals surface area contributed by atoms with Gasteiger partial charge in [0.1, 0.15) is 6.33 Å². The second kappa shape index (κ2) is 7.37. The van der Waals surface area contributed by atoms with E-state index in [1.165, 1.54) is 30.2 Å². The maximum atomic E-state index is 9.48. The maximum absolute atomic E-state index is 9.48. The number of halogens is 1. The molecule has 0 fully saturated rings. The summed E-state index contributed by atoms with van der Waals surface area (Å²) in [7, 11) is 0. The smallest absolute Gasteiger partial charge is 0.212 e. The fourth-order valence-electron chi connectivity index (χ4n) is 1.87. The number of aromatic hydroxyl groups is 2. The maximum Gasteiger partial charge on any atom is 0.212 e. The Bertz CT molecular complexity index is 865. The van der Waals surface area contributed by atoms with E-state index in [2.05, 4.69) is 15.3 Å². The Morgan fingerprint density at radius 1 is 1.12 bits per heavy atom. The van der Waals surface area contributed by atoms with E-state index in [0.29, 0.717) is 21.5 Å². The number of phenolic OH excluding ortho intramolecular Hbond substituents is 2. The molecule has 0 bridgehead atoms. The van der Waals surface area contributed by atoms with Gasteiger partial charge in [-0.15, -0.1) is 10.2 Å². The zero-order valence-corrected chi connectivity index (χ0v) is 13.9. The normalized spacial score (nSPS) is 11.2. The number of phenols is 2. The molecular weight excluding hydrogens is 348 g/mol. The lowest BCUT2D eigenvalue weighted by Crippen LogP contribution is -1.93. The van der Waals surface area contributed by atoms with Crippen molar-refractivity contribution in [2.75, 3.05) is 0 Å². The van der Waals surface area contributed by atoms with Crippen LogP contribution in [0.3, 0.4) is 0 Å². The Morgan fingerprint density at radius 3 is 2.67 bits per heavy atom. The Hall–Kier alpha value is -2.51. The summed E-state index contributed by atoms with van der Waals surface area (Å²) in [6.45, 7) is 0. The predicted molar refractivity (Wildman–Crippen MR) is 93.8 cm³/mol. The quantitative estimate of drug-likeness (QED) is 0.413. The van der Waals surface area contributed by atoms with E-state index in [1.54, 1.807) is 17.0 Å². The zero-order chi connectivity index (χ0) is 16.9. The second-order valence-corrected chi connectivity index (χ2v) is 6.24. The summed E-state index contributed by atoms with van der Waals surface area (Å²) in [4.78, 5) is 0. The molecule has 0 radical (unpaired) electrons. The molecule has 3 rings (SSSR count). The van der Waals surface area contributed by atoms with E-state index in [0.717, 1.165) is 5.56 Å². The molecule has 2 N–H and O–H groups in total. The number of hydrogen-bond acceptors (Lipinski definition) is 6. The van der Waals surface area contributed by atoms with Crippen LogP contribution in [0.2, 0.25) is 5.02 Å². The molecule has 122 valence electrons. The molecule has 0 aliphatic heterocycles. The fourth-order valence-corrected chi connectivity index (χ4v) is 2.82. The third-order valence-corrected chi connectivity index (χ3v) is 4.37. The summed E-state index contributed by atoms with van der Waals surface area (Å²) in [5.41, 5.74) is 1.76. The third-order valence-electron chi connectivity index (χ3n) is 3.11. The average Bonchev–Trinajstić information content (AvgIpc) is 3.03. The standard InChI is InChI=1S/C16H13ClN4O2S/c17-13-4-1-11(2-5-13)9-24-16-20-18-10-21(16)19-8-12-3-6-14(22)15(23)7-12/h1-8,10,22-23H,9H2/b19-8+. The first-order valence-corrected chi connectivity index (χ1v) is 8.32. The van der Waals surface area contributed by atoms with Gasteiger partial charge in [-0.25, -0.2) is 0 Å². The van der Waals surface area contributed by atoms with Crippen LogP contribution in [0.25, 0.3) is 0 Å². The average molecular weight is 361 g/mol. The minimum absolute atomic E-state index is 0.171. The zero-order valence-electron chi connectivity index (χ0n) is 12.4. The van der Waals surface area contributed by atoms with Crippen LogP contribution in [0.1, 0.15) is 11.1 Å². The molecule has 0 aliphatic carbocycles. The summed E-state index contributed by atoms with van der Waals surface area (Å²) in [6.07, 6.45) is 3.05. The van der Waals surface area contributed by atoms with Crippen LogP contribution in [0, 0.1) is 0 Å². The van der Waals surface area contributed by atoms with Crippen LogP contribution in [-0.2, 0) is 5.75 Å². The summed E-state index contributed by atoms with van der Waals surface area (Å²) in [6, 6.07) is 12.1. The number of rotatable bonds is 5. The van der Waals surface area contributed by atoms with Crippen LogP contribution in [0.5, 0.6) is 11.5 Å². The van der Waals surface area contributed by atoms with Gasteiger partial charge in [-0.1, -0.05) is 35.5 Å². The van der Waals surface area contributed by atoms with Crippen molar-refractivity contribution >= 4 is 29.6 Å². The largest absolute Gasteiger partial charge is 0.504 e. The Balaban J connectivity index is 1.69. The van der Waals surface area contributed by atoms with Gasteiger partial charge in [0.2, 0.25) is 5.16 Å². The van der Waals surface area contributed by atoms with Crippen molar-refractivity contribution in [1.82, 2.24) is 14.9 Å². The highest BCUT2D eigenvalue weighted by Gasteiger charge is 2.05. The van der Waals surface area contributed by atoms with Crippen LogP contribution in [0.4, 0.5) is 0 Å². The van der Waals surface area contributed by atoms with Crippen molar-refractivity contribution in [1.29, 1.82) is 0 Å². The van der Waals surface area contributed by atoms with Crippen molar-refractivity contribution < 1.29 is 10.2 Å². The highest BCUT2D eigenvalue weighted by Crippen LogP contribution is 2.24. The number of benzene rings is 2. The number of thioether (sulfide) groups is 1. The molecule has 2 aromatic carbocycles. The topological polar surface area (TPSA) is 83.5 Å². The molecule has 0 spiro atoms. The number of nitrogens with zero attached hydrogens (tertiary/aromatic N) is 4. The molecule has 0 amide bonds. The summed E-state index contributed by atoms with van der Waals surface area (Å²) in [5.74, 6) is 0.349. The van der Waals surface area contributed by atoms with Gasteiger partial charge in [0, 0.05) is 10.8 Å². The number of aromatic nitrogens is 3. The van der Waals surface area contributed by atoms with Gasteiger partial charge >= 0.3 is 0 Å². The molecule has 0 atom stereocenters. The van der Waals surface area contributed by atoms with E-state index in [1.807, 2.05) is 24.3 Å². The van der Waals surface area contributed by atoms with Gasteiger partial charge in [-0.2, -0.15) is 9.78 Å². The highest BCUT2D eigenvalue weighted by molar-refractivity contribution is 7.98. The molecule has 1 aromatic heterocycles. The molecule has 24 heavy (non-hydrogen) atoms. The molecule has 0 saturated heterocycles. The predicted octanol–water partition coefficient (Wildman–Crippen LogP) is 3.52. The molecule has 0 aliphatic rings. The van der Waals surface area contributed by atoms with E-state index in [4.69, 9.17) is 11.6 Å².